The van der Waals surface area contributed by atoms with Crippen LogP contribution in [0.4, 0.5) is 0 Å². The molecule has 10 saturated heterocycles. The molecule has 146 heavy (non-hydrogen) atoms. The molecule has 10 fully saturated rings. The number of ether oxygens (including phenoxy) is 20. The molecule has 0 unspecified atom stereocenters. The molecule has 0 spiro atoms. The van der Waals surface area contributed by atoms with Crippen LogP contribution in [-0.4, -0.2) is 616 Å². The summed E-state index contributed by atoms with van der Waals surface area (Å²) in [5.41, 5.74) is 0. The SMILES string of the molecule is CC(=O)N[C@H]1[C@H](O[C@@H]([C@H](O)[C@H](CO)NC(C)=O)[C@H](O)CO[C@@H]2O[C@@H](C)[C@@H](O)[C@@H](O)[C@@H]2O)O[C@H](CO)[C@@H](O[C@@H]2O[C@H](CO[C@H]3O[C@H](CO)[C@@H](O)[C@H](O)[C@@H]3O[C@@H]3O[C@H](CO)[C@@H](O[C@@H]4O[C@H](CO)[C@H](O)[C@H](OS(=O)(=O)O)[C@H]4O)[C@H](O)[C@H]3NC(C)=O)[C@@H](O)[C@H](O[C@H]3O[C@H](CO)[C@@H](O)[C@H](O)[C@@H]3O[C@@H]3O[C@H](CO)[C@@H](O[C@@H]4O[C@H](CO[C@]5(C(=O)O)C[C@H](O)[C@@H](NC(C)=O)[C@H]([C@H](O)[C@H](O)CO)O5)[C@H](O)[C@H](O)[C@H]4O)[C@H](O)[C@H]3NC(C)=O)[C@@H]2O)[C@@H]1O. The zero-order valence-corrected chi connectivity index (χ0v) is 79.0. The Bertz CT molecular complexity index is 4240. The van der Waals surface area contributed by atoms with Crippen LogP contribution in [0.1, 0.15) is 48.0 Å². The van der Waals surface area contributed by atoms with Gasteiger partial charge in [-0.3, -0.25) is 28.5 Å². The summed E-state index contributed by atoms with van der Waals surface area (Å²) in [6.45, 7) is -8.14. The van der Waals surface area contributed by atoms with Gasteiger partial charge in [-0.05, 0) is 6.92 Å². The van der Waals surface area contributed by atoms with Crippen molar-refractivity contribution in [2.45, 2.75) is 385 Å². The Labute approximate surface area is 826 Å². The first-order valence-electron chi connectivity index (χ1n) is 45.7. The standard InChI is InChI=1S/C79H133N5O61S/c1-19-41(101)52(112)56(116)72(128-19)125-16-28(100)60(42(102)25(8-85)80-20(2)93)137-69-38(82-22(4)95)49(109)62(33(14-91)132-69)139-74-58(118)65(48(108)35(135-74)17-126-76-67(54(114)44(104)29(10-87)130-76)142-70-39(83-23(5)96)51(111)63(34(15-92)133-70)140-75-59(119)66(145-146(122,123)124)47(107)31(12-89)129-75)141-77-68(55(115)45(105)30(11-88)131-77)143-71-40(84-24(6)97)50(110)61(32(13-90)134-71)138-73-57(117)53(113)46(106)36(136-73)18-127-79(78(120)121)7-26(98)37(81-21(3)94)64(144-79)43(103)27(99)9-86/h19,25-77,85-92,98-119H,7-18H2,1-6H3,(H,80,93)(H,81,94)(H,82,95)(H,83,96)(H,84,97)(H,120,121)(H,122,123,124)/t19-,25-,26-,27+,28+,29+,30+,31+,32+,33+,34+,35+,36+,37+,38+,39+,40+,41+,42+,43+,44+,45+,46-,47-,48+,49+,50+,51+,52+,53-,54-,55-,56-,57+,58-,59+,60+,61+,62+,63+,64+,65-,66-,67-,68-,69-,70-,71-,72+,73-,74-,75-,76-,77+,79+/m0/s1. The molecular weight excluding hydrogens is 2030 g/mol. The number of hydrogen-bond acceptors (Lipinski definition) is 59. The summed E-state index contributed by atoms with van der Waals surface area (Å²) in [5.74, 6) is -10.3. The maximum absolute atomic E-state index is 13.3. The van der Waals surface area contributed by atoms with E-state index in [1.54, 1.807) is 0 Å². The van der Waals surface area contributed by atoms with E-state index in [1.807, 2.05) is 0 Å². The number of rotatable bonds is 44. The molecule has 67 heteroatoms. The largest absolute Gasteiger partial charge is 0.477 e. The Hall–Kier alpha value is -5.31. The molecule has 0 aromatic rings. The Balaban J connectivity index is 0.983. The lowest BCUT2D eigenvalue weighted by Crippen LogP contribution is -2.70. The third-order valence-corrected chi connectivity index (χ3v) is 26.2. The van der Waals surface area contributed by atoms with Crippen LogP contribution in [-0.2, 0) is 138 Å². The van der Waals surface area contributed by atoms with Crippen molar-refractivity contribution in [1.29, 1.82) is 0 Å². The van der Waals surface area contributed by atoms with Gasteiger partial charge < -0.3 is 280 Å². The number of hydrogen-bond donors (Lipinski definition) is 37. The van der Waals surface area contributed by atoms with Crippen molar-refractivity contribution in [3.63, 3.8) is 0 Å². The molecule has 5 amide bonds. The molecule has 0 saturated carbocycles. The number of aliphatic hydroxyl groups is 30. The van der Waals surface area contributed by atoms with Crippen molar-refractivity contribution in [2.75, 3.05) is 72.7 Å². The number of aliphatic hydroxyl groups excluding tert-OH is 30. The van der Waals surface area contributed by atoms with Gasteiger partial charge in [0.1, 0.15) is 250 Å². The van der Waals surface area contributed by atoms with Gasteiger partial charge in [0.05, 0.1) is 97.0 Å². The van der Waals surface area contributed by atoms with Gasteiger partial charge in [-0.2, -0.15) is 8.42 Å². The van der Waals surface area contributed by atoms with Gasteiger partial charge in [0.25, 0.3) is 5.79 Å². The zero-order chi connectivity index (χ0) is 109. The highest BCUT2D eigenvalue weighted by Gasteiger charge is 2.64. The minimum absolute atomic E-state index is 0.830. The number of nitrogens with one attached hydrogen (secondary N) is 5. The molecule has 0 aromatic carbocycles. The van der Waals surface area contributed by atoms with Crippen LogP contribution in [0.2, 0.25) is 0 Å². The third kappa shape index (κ3) is 28.5. The normalized spacial score (nSPS) is 44.9. The van der Waals surface area contributed by atoms with Crippen molar-refractivity contribution in [3.05, 3.63) is 0 Å². The zero-order valence-electron chi connectivity index (χ0n) is 78.2. The molecule has 55 atom stereocenters. The van der Waals surface area contributed by atoms with E-state index in [0.717, 1.165) is 34.6 Å². The summed E-state index contributed by atoms with van der Waals surface area (Å²) >= 11 is 0. The van der Waals surface area contributed by atoms with Crippen LogP contribution < -0.4 is 26.6 Å². The van der Waals surface area contributed by atoms with Crippen molar-refractivity contribution < 1.29 is 299 Å². The topological polar surface area (TPSA) is 1040 Å². The van der Waals surface area contributed by atoms with Crippen molar-refractivity contribution in [3.8, 4) is 0 Å². The molecule has 0 aliphatic carbocycles. The second kappa shape index (κ2) is 53.2. The molecule has 0 aromatic heterocycles. The summed E-state index contributed by atoms with van der Waals surface area (Å²) < 4.78 is 156. The minimum Gasteiger partial charge on any atom is -0.477 e. The first-order chi connectivity index (χ1) is 68.6. The van der Waals surface area contributed by atoms with Crippen molar-refractivity contribution in [1.82, 2.24) is 26.6 Å². The smallest absolute Gasteiger partial charge is 0.397 e. The van der Waals surface area contributed by atoms with Gasteiger partial charge in [-0.25, -0.2) is 8.98 Å². The summed E-state index contributed by atoms with van der Waals surface area (Å²) in [5, 5.41) is 361. The van der Waals surface area contributed by atoms with E-state index in [1.165, 1.54) is 6.92 Å². The quantitative estimate of drug-likeness (QED) is 0.0252. The third-order valence-electron chi connectivity index (χ3n) is 25.8. The molecule has 0 radical (unpaired) electrons. The monoisotopic (exact) mass is 2160 g/mol. The van der Waals surface area contributed by atoms with E-state index in [-0.39, 0.29) is 0 Å². The second-order valence-electron chi connectivity index (χ2n) is 36.3. The molecule has 0 bridgehead atoms. The van der Waals surface area contributed by atoms with Gasteiger partial charge >= 0.3 is 16.4 Å². The first-order valence-corrected chi connectivity index (χ1v) is 47.1. The van der Waals surface area contributed by atoms with Crippen LogP contribution in [0.25, 0.3) is 0 Å². The molecule has 846 valence electrons. The number of carbonyl (C=O) groups is 6. The lowest BCUT2D eigenvalue weighted by Gasteiger charge is -2.51. The van der Waals surface area contributed by atoms with E-state index < -0.39 is 462 Å². The molecule has 37 N–H and O–H groups in total. The molecule has 10 aliphatic rings. The first kappa shape index (κ1) is 123. The van der Waals surface area contributed by atoms with Gasteiger partial charge in [-0.15, -0.1) is 0 Å². The van der Waals surface area contributed by atoms with E-state index in [9.17, 15) is 200 Å². The number of carboxylic acids is 1. The number of carboxylic acid groups (broad SMARTS) is 1. The van der Waals surface area contributed by atoms with Crippen LogP contribution in [0.3, 0.4) is 0 Å². The van der Waals surface area contributed by atoms with E-state index in [0.29, 0.717) is 0 Å². The van der Waals surface area contributed by atoms with Gasteiger partial charge in [0, 0.05) is 41.0 Å². The van der Waals surface area contributed by atoms with Crippen molar-refractivity contribution >= 4 is 45.9 Å². The lowest BCUT2D eigenvalue weighted by atomic mass is 9.88. The highest BCUT2D eigenvalue weighted by Crippen LogP contribution is 2.43. The average Bonchev–Trinajstić information content (AvgIpc) is 0.758. The maximum atomic E-state index is 13.3. The fourth-order valence-electron chi connectivity index (χ4n) is 18.1. The Morgan fingerprint density at radius 2 is 0.740 bits per heavy atom. The Kier molecular flexibility index (Phi) is 44.7. The fourth-order valence-corrected chi connectivity index (χ4v) is 18.6. The number of carbonyl (C=O) groups excluding carboxylic acids is 5. The fraction of sp³-hybridized carbons (Fsp3) is 0.924. The number of amides is 5. The van der Waals surface area contributed by atoms with Crippen LogP contribution >= 0.6 is 0 Å². The van der Waals surface area contributed by atoms with E-state index in [4.69, 9.17) is 94.7 Å². The van der Waals surface area contributed by atoms with Gasteiger partial charge in [0.15, 0.2) is 56.6 Å². The molecule has 10 heterocycles. The summed E-state index contributed by atoms with van der Waals surface area (Å²) in [6.07, 6.45) is -112. The van der Waals surface area contributed by atoms with E-state index in [2.05, 4.69) is 30.8 Å². The molecule has 66 nitrogen and oxygen atoms in total. The average molecular weight is 2160 g/mol. The highest BCUT2D eigenvalue weighted by atomic mass is 32.3. The Morgan fingerprint density at radius 3 is 1.19 bits per heavy atom. The summed E-state index contributed by atoms with van der Waals surface area (Å²) in [7, 11) is -5.54. The van der Waals surface area contributed by atoms with Gasteiger partial charge in [0.2, 0.25) is 29.5 Å². The molecule has 10 aliphatic heterocycles. The second-order valence-corrected chi connectivity index (χ2v) is 37.3. The van der Waals surface area contributed by atoms with Gasteiger partial charge in [-0.1, -0.05) is 0 Å². The Morgan fingerprint density at radius 1 is 0.363 bits per heavy atom. The summed E-state index contributed by atoms with van der Waals surface area (Å²) in [4.78, 5) is 77.5. The molecular formula is C79H133N5O61S. The predicted octanol–water partition coefficient (Wildman–Crippen LogP) is -24.6. The number of aliphatic carboxylic acids is 1. The highest BCUT2D eigenvalue weighted by molar-refractivity contribution is 7.80. The van der Waals surface area contributed by atoms with Crippen LogP contribution in [0, 0.1) is 0 Å². The molecule has 10 rings (SSSR count). The predicted molar refractivity (Wildman–Crippen MR) is 449 cm³/mol. The van der Waals surface area contributed by atoms with Crippen molar-refractivity contribution in [2.24, 2.45) is 0 Å². The van der Waals surface area contributed by atoms with Crippen LogP contribution in [0.15, 0.2) is 0 Å². The summed E-state index contributed by atoms with van der Waals surface area (Å²) in [6, 6.07) is -9.97. The van der Waals surface area contributed by atoms with E-state index >= 15 is 0 Å². The lowest BCUT2D eigenvalue weighted by molar-refractivity contribution is -0.399. The van der Waals surface area contributed by atoms with Crippen LogP contribution in [0.5, 0.6) is 0 Å². The maximum Gasteiger partial charge on any atom is 0.397 e. The minimum atomic E-state index is -5.54.